The Hall–Kier alpha value is -0.960. The van der Waals surface area contributed by atoms with Crippen LogP contribution in [0.15, 0.2) is 36.7 Å². The van der Waals surface area contributed by atoms with Crippen molar-refractivity contribution in [3.63, 3.8) is 0 Å². The molecule has 0 radical (unpaired) electrons. The molecule has 2 nitrogen and oxygen atoms in total. The zero-order valence-electron chi connectivity index (χ0n) is 8.66. The van der Waals surface area contributed by atoms with E-state index in [0.29, 0.717) is 16.6 Å². The van der Waals surface area contributed by atoms with E-state index in [0.717, 1.165) is 12.1 Å². The molecule has 84 valence electrons. The van der Waals surface area contributed by atoms with Crippen LogP contribution in [0, 0.1) is 0 Å². The summed E-state index contributed by atoms with van der Waals surface area (Å²) in [5, 5.41) is 1.35. The van der Waals surface area contributed by atoms with Gasteiger partial charge in [0.05, 0.1) is 10.7 Å². The first-order chi connectivity index (χ1) is 7.70. The minimum atomic E-state index is 0.646. The number of nitrogens with two attached hydrogens (primary N) is 1. The number of aromatic nitrogens is 1. The van der Waals surface area contributed by atoms with Crippen molar-refractivity contribution < 1.29 is 0 Å². The summed E-state index contributed by atoms with van der Waals surface area (Å²) in [6, 6.07) is 7.44. The summed E-state index contributed by atoms with van der Waals surface area (Å²) < 4.78 is 1.96. The largest absolute Gasteiger partial charge is 0.330 e. The molecule has 0 fully saturated rings. The van der Waals surface area contributed by atoms with Crippen molar-refractivity contribution in [2.45, 2.75) is 6.42 Å². The van der Waals surface area contributed by atoms with Crippen LogP contribution in [-0.4, -0.2) is 11.1 Å². The van der Waals surface area contributed by atoms with Gasteiger partial charge in [-0.1, -0.05) is 23.2 Å². The Morgan fingerprint density at radius 2 is 2.00 bits per heavy atom. The summed E-state index contributed by atoms with van der Waals surface area (Å²) in [6.45, 7) is 0.646. The predicted octanol–water partition coefficient (Wildman–Crippen LogP) is 3.29. The van der Waals surface area contributed by atoms with Crippen LogP contribution < -0.4 is 5.73 Å². The molecular weight excluding hydrogens is 243 g/mol. The number of rotatable bonds is 3. The average molecular weight is 255 g/mol. The fourth-order valence-corrected chi connectivity index (χ4v) is 1.97. The summed E-state index contributed by atoms with van der Waals surface area (Å²) in [5.74, 6) is 0. The summed E-state index contributed by atoms with van der Waals surface area (Å²) in [7, 11) is 0. The number of benzene rings is 1. The fourth-order valence-electron chi connectivity index (χ4n) is 1.59. The van der Waals surface area contributed by atoms with Crippen LogP contribution in [0.5, 0.6) is 0 Å². The molecule has 0 saturated carbocycles. The zero-order valence-corrected chi connectivity index (χ0v) is 10.2. The van der Waals surface area contributed by atoms with E-state index < -0.39 is 0 Å². The van der Waals surface area contributed by atoms with Crippen molar-refractivity contribution >= 4 is 23.2 Å². The molecule has 0 amide bonds. The lowest BCUT2D eigenvalue weighted by atomic mass is 10.2. The maximum Gasteiger partial charge on any atom is 0.0651 e. The second-order valence-electron chi connectivity index (χ2n) is 3.56. The standard InChI is InChI=1S/C12H12Cl2N2/c13-10-1-2-11(14)12(7-10)16-6-4-9(8-16)3-5-15/h1-2,4,6-8H,3,5,15H2. The van der Waals surface area contributed by atoms with Crippen molar-refractivity contribution in [2.24, 2.45) is 5.73 Å². The lowest BCUT2D eigenvalue weighted by Crippen LogP contribution is -2.01. The zero-order chi connectivity index (χ0) is 11.5. The second kappa shape index (κ2) is 4.91. The third-order valence-electron chi connectivity index (χ3n) is 2.37. The van der Waals surface area contributed by atoms with Crippen molar-refractivity contribution in [1.29, 1.82) is 0 Å². The van der Waals surface area contributed by atoms with Crippen LogP contribution in [0.25, 0.3) is 5.69 Å². The normalized spacial score (nSPS) is 10.7. The van der Waals surface area contributed by atoms with Crippen LogP contribution in [0.2, 0.25) is 10.0 Å². The van der Waals surface area contributed by atoms with Gasteiger partial charge in [0.2, 0.25) is 0 Å². The van der Waals surface area contributed by atoms with Crippen LogP contribution in [0.3, 0.4) is 0 Å². The highest BCUT2D eigenvalue weighted by atomic mass is 35.5. The maximum atomic E-state index is 6.11. The maximum absolute atomic E-state index is 6.11. The minimum absolute atomic E-state index is 0.646. The second-order valence-corrected chi connectivity index (χ2v) is 4.41. The van der Waals surface area contributed by atoms with Gasteiger partial charge >= 0.3 is 0 Å². The van der Waals surface area contributed by atoms with Crippen molar-refractivity contribution in [3.8, 4) is 5.69 Å². The fraction of sp³-hybridized carbons (Fsp3) is 0.167. The minimum Gasteiger partial charge on any atom is -0.330 e. The number of hydrogen-bond donors (Lipinski definition) is 1. The van der Waals surface area contributed by atoms with Crippen molar-refractivity contribution in [2.75, 3.05) is 6.54 Å². The van der Waals surface area contributed by atoms with E-state index >= 15 is 0 Å². The first kappa shape index (κ1) is 11.5. The lowest BCUT2D eigenvalue weighted by Gasteiger charge is -2.05. The Morgan fingerprint density at radius 3 is 2.75 bits per heavy atom. The van der Waals surface area contributed by atoms with Gasteiger partial charge in [-0.3, -0.25) is 0 Å². The first-order valence-corrected chi connectivity index (χ1v) is 5.78. The molecule has 0 spiro atoms. The molecule has 2 N–H and O–H groups in total. The number of nitrogens with zero attached hydrogens (tertiary/aromatic N) is 1. The first-order valence-electron chi connectivity index (χ1n) is 5.03. The van der Waals surface area contributed by atoms with E-state index in [1.807, 2.05) is 29.1 Å². The Balaban J connectivity index is 2.38. The third kappa shape index (κ3) is 2.40. The summed E-state index contributed by atoms with van der Waals surface area (Å²) >= 11 is 12.1. The van der Waals surface area contributed by atoms with Gasteiger partial charge in [-0.2, -0.15) is 0 Å². The van der Waals surface area contributed by atoms with Crippen LogP contribution in [0.1, 0.15) is 5.56 Å². The van der Waals surface area contributed by atoms with Gasteiger partial charge in [-0.05, 0) is 42.8 Å². The van der Waals surface area contributed by atoms with Crippen molar-refractivity contribution in [3.05, 3.63) is 52.3 Å². The van der Waals surface area contributed by atoms with Gasteiger partial charge < -0.3 is 10.3 Å². The molecule has 1 heterocycles. The van der Waals surface area contributed by atoms with Gasteiger partial charge in [-0.25, -0.2) is 0 Å². The van der Waals surface area contributed by atoms with E-state index in [1.165, 1.54) is 5.56 Å². The third-order valence-corrected chi connectivity index (χ3v) is 2.93. The molecule has 2 aromatic rings. The summed E-state index contributed by atoms with van der Waals surface area (Å²) in [6.07, 6.45) is 4.85. The average Bonchev–Trinajstić information content (AvgIpc) is 2.71. The molecule has 2 rings (SSSR count). The van der Waals surface area contributed by atoms with Crippen LogP contribution >= 0.6 is 23.2 Å². The molecule has 0 unspecified atom stereocenters. The lowest BCUT2D eigenvalue weighted by molar-refractivity contribution is 0.961. The van der Waals surface area contributed by atoms with Gasteiger partial charge in [0.1, 0.15) is 0 Å². The van der Waals surface area contributed by atoms with Gasteiger partial charge in [0, 0.05) is 17.4 Å². The molecule has 4 heteroatoms. The smallest absolute Gasteiger partial charge is 0.0651 e. The predicted molar refractivity (Wildman–Crippen MR) is 68.5 cm³/mol. The highest BCUT2D eigenvalue weighted by molar-refractivity contribution is 6.34. The monoisotopic (exact) mass is 254 g/mol. The van der Waals surface area contributed by atoms with E-state index in [1.54, 1.807) is 12.1 Å². The number of hydrogen-bond acceptors (Lipinski definition) is 1. The molecule has 0 atom stereocenters. The van der Waals surface area contributed by atoms with Gasteiger partial charge in [-0.15, -0.1) is 0 Å². The highest BCUT2D eigenvalue weighted by Crippen LogP contribution is 2.24. The Kier molecular flexibility index (Phi) is 3.54. The quantitative estimate of drug-likeness (QED) is 0.896. The molecule has 0 bridgehead atoms. The van der Waals surface area contributed by atoms with E-state index in [2.05, 4.69) is 0 Å². The highest BCUT2D eigenvalue weighted by Gasteiger charge is 2.04. The van der Waals surface area contributed by atoms with Gasteiger partial charge in [0.15, 0.2) is 0 Å². The molecular formula is C12H12Cl2N2. The summed E-state index contributed by atoms with van der Waals surface area (Å²) in [4.78, 5) is 0. The Morgan fingerprint density at radius 1 is 1.19 bits per heavy atom. The molecule has 16 heavy (non-hydrogen) atoms. The van der Waals surface area contributed by atoms with Crippen LogP contribution in [-0.2, 0) is 6.42 Å². The van der Waals surface area contributed by atoms with Gasteiger partial charge in [0.25, 0.3) is 0 Å². The Bertz CT molecular complexity index is 492. The van der Waals surface area contributed by atoms with Crippen molar-refractivity contribution in [1.82, 2.24) is 4.57 Å². The van der Waals surface area contributed by atoms with E-state index in [4.69, 9.17) is 28.9 Å². The summed E-state index contributed by atoms with van der Waals surface area (Å²) in [5.41, 5.74) is 7.59. The molecule has 0 aliphatic rings. The topological polar surface area (TPSA) is 30.9 Å². The van der Waals surface area contributed by atoms with E-state index in [-0.39, 0.29) is 0 Å². The molecule has 1 aromatic heterocycles. The Labute approximate surface area is 105 Å². The number of halogens is 2. The molecule has 1 aromatic carbocycles. The molecule has 0 aliphatic carbocycles. The molecule has 0 aliphatic heterocycles. The molecule has 0 saturated heterocycles. The van der Waals surface area contributed by atoms with Crippen LogP contribution in [0.4, 0.5) is 0 Å². The van der Waals surface area contributed by atoms with E-state index in [9.17, 15) is 0 Å². The SMILES string of the molecule is NCCc1ccn(-c2cc(Cl)ccc2Cl)c1.